The Morgan fingerprint density at radius 2 is 1.46 bits per heavy atom. The second-order valence-corrected chi connectivity index (χ2v) is 13.8. The van der Waals surface area contributed by atoms with Gasteiger partial charge in [-0.25, -0.2) is 0 Å². The standard InChI is InChI=1S/C34H30Si/c1-3-23-19-20-29-25(21-23)22-30-32(29)31(24-13-11-12-14-24)34-28(4-2)33(30)35(34,26-15-7-5-8-16-26)27-17-9-6-10-18-27/h5-13,15-21H,3-4,14,22H2,1-2H3. The molecular weight excluding hydrogens is 436 g/mol. The van der Waals surface area contributed by atoms with Crippen LogP contribution in [-0.2, 0) is 12.8 Å². The van der Waals surface area contributed by atoms with Gasteiger partial charge in [0.05, 0.1) is 0 Å². The van der Waals surface area contributed by atoms with E-state index in [1.807, 2.05) is 0 Å². The van der Waals surface area contributed by atoms with Crippen LogP contribution in [0.4, 0.5) is 0 Å². The maximum Gasteiger partial charge on any atom is 0.181 e. The van der Waals surface area contributed by atoms with Crippen LogP contribution in [-0.4, -0.2) is 8.07 Å². The Morgan fingerprint density at radius 3 is 2.06 bits per heavy atom. The van der Waals surface area contributed by atoms with Crippen molar-refractivity contribution in [1.29, 1.82) is 0 Å². The van der Waals surface area contributed by atoms with Crippen LogP contribution in [0.5, 0.6) is 0 Å². The van der Waals surface area contributed by atoms with E-state index in [-0.39, 0.29) is 0 Å². The first-order valence-electron chi connectivity index (χ1n) is 13.1. The SMILES string of the molecule is CCC1=C2C3=C(C(C4=CC=CC4)=C1[Si]2(c1ccccc1)c1ccccc1)c1ccc(CC)cc1C3. The van der Waals surface area contributed by atoms with Crippen LogP contribution in [0.1, 0.15) is 43.4 Å². The van der Waals surface area contributed by atoms with E-state index in [2.05, 4.69) is 111 Å². The largest absolute Gasteiger partial charge is 0.181 e. The summed E-state index contributed by atoms with van der Waals surface area (Å²) in [6.45, 7) is 4.63. The number of rotatable bonds is 5. The molecule has 0 amide bonds. The summed E-state index contributed by atoms with van der Waals surface area (Å²) in [7, 11) is -2.27. The van der Waals surface area contributed by atoms with Gasteiger partial charge in [-0.15, -0.1) is 0 Å². The van der Waals surface area contributed by atoms with Crippen molar-refractivity contribution in [2.75, 3.05) is 0 Å². The highest BCUT2D eigenvalue weighted by molar-refractivity contribution is 7.16. The molecule has 35 heavy (non-hydrogen) atoms. The fourth-order valence-corrected chi connectivity index (χ4v) is 12.9. The lowest BCUT2D eigenvalue weighted by Crippen LogP contribution is -2.69. The molecule has 1 heteroatoms. The van der Waals surface area contributed by atoms with E-state index >= 15 is 0 Å². The highest BCUT2D eigenvalue weighted by Crippen LogP contribution is 2.61. The number of aryl methyl sites for hydroxylation is 1. The number of hydrogen-bond donors (Lipinski definition) is 0. The van der Waals surface area contributed by atoms with Gasteiger partial charge in [0.2, 0.25) is 0 Å². The summed E-state index contributed by atoms with van der Waals surface area (Å²) >= 11 is 0. The van der Waals surface area contributed by atoms with Gasteiger partial charge in [0, 0.05) is 0 Å². The lowest BCUT2D eigenvalue weighted by atomic mass is 9.84. The Bertz CT molecular complexity index is 1480. The highest BCUT2D eigenvalue weighted by atomic mass is 28.3. The number of allylic oxidation sites excluding steroid dienone is 10. The highest BCUT2D eigenvalue weighted by Gasteiger charge is 2.60. The minimum absolute atomic E-state index is 1.04. The molecule has 7 rings (SSSR count). The zero-order valence-electron chi connectivity index (χ0n) is 20.6. The zero-order valence-corrected chi connectivity index (χ0v) is 21.6. The molecule has 4 aliphatic rings. The van der Waals surface area contributed by atoms with Crippen molar-refractivity contribution in [3.8, 4) is 0 Å². The summed E-state index contributed by atoms with van der Waals surface area (Å²) in [5.74, 6) is 0. The van der Waals surface area contributed by atoms with Gasteiger partial charge in [-0.05, 0) is 91.0 Å². The van der Waals surface area contributed by atoms with Gasteiger partial charge in [0.25, 0.3) is 0 Å². The second-order valence-electron chi connectivity index (χ2n) is 10.1. The van der Waals surface area contributed by atoms with E-state index in [4.69, 9.17) is 0 Å². The predicted octanol–water partition coefficient (Wildman–Crippen LogP) is 6.82. The Morgan fingerprint density at radius 1 is 0.743 bits per heavy atom. The van der Waals surface area contributed by atoms with Crippen molar-refractivity contribution in [3.63, 3.8) is 0 Å². The first kappa shape index (κ1) is 20.9. The Labute approximate surface area is 209 Å². The summed E-state index contributed by atoms with van der Waals surface area (Å²) in [5.41, 5.74) is 12.3. The van der Waals surface area contributed by atoms with E-state index < -0.39 is 8.07 Å². The first-order valence-corrected chi connectivity index (χ1v) is 15.1. The molecule has 0 nitrogen and oxygen atoms in total. The summed E-state index contributed by atoms with van der Waals surface area (Å²) in [4.78, 5) is 0. The fourth-order valence-electron chi connectivity index (χ4n) is 7.14. The molecule has 0 radical (unpaired) electrons. The van der Waals surface area contributed by atoms with Gasteiger partial charge in [-0.1, -0.05) is 111 Å². The van der Waals surface area contributed by atoms with Crippen molar-refractivity contribution >= 4 is 24.0 Å². The van der Waals surface area contributed by atoms with Gasteiger partial charge in [0.1, 0.15) is 0 Å². The van der Waals surface area contributed by atoms with Crippen LogP contribution >= 0.6 is 0 Å². The third-order valence-electron chi connectivity index (χ3n) is 8.53. The summed E-state index contributed by atoms with van der Waals surface area (Å²) < 4.78 is 0. The topological polar surface area (TPSA) is 0 Å². The lowest BCUT2D eigenvalue weighted by Gasteiger charge is -2.53. The lowest BCUT2D eigenvalue weighted by molar-refractivity contribution is 1.05. The molecule has 2 aliphatic heterocycles. The van der Waals surface area contributed by atoms with E-state index in [9.17, 15) is 0 Å². The Hall–Kier alpha value is -3.42. The second kappa shape index (κ2) is 7.80. The zero-order chi connectivity index (χ0) is 23.6. The van der Waals surface area contributed by atoms with E-state index in [1.165, 1.54) is 32.6 Å². The van der Waals surface area contributed by atoms with Gasteiger partial charge < -0.3 is 0 Å². The molecular formula is C34H30Si. The molecule has 0 unspecified atom stereocenters. The number of hydrogen-bond acceptors (Lipinski definition) is 0. The molecule has 0 aromatic heterocycles. The van der Waals surface area contributed by atoms with Crippen LogP contribution in [0.25, 0.3) is 5.57 Å². The molecule has 2 bridgehead atoms. The van der Waals surface area contributed by atoms with E-state index in [0.717, 1.165) is 25.7 Å². The third-order valence-corrected chi connectivity index (χ3v) is 13.6. The molecule has 0 spiro atoms. The van der Waals surface area contributed by atoms with Crippen LogP contribution < -0.4 is 10.4 Å². The number of fused-ring (bicyclic) bond motifs is 5. The summed E-state index contributed by atoms with van der Waals surface area (Å²) in [6.07, 6.45) is 11.3. The van der Waals surface area contributed by atoms with Crippen molar-refractivity contribution in [1.82, 2.24) is 0 Å². The smallest absolute Gasteiger partial charge is 0.0801 e. The van der Waals surface area contributed by atoms with Gasteiger partial charge >= 0.3 is 0 Å². The van der Waals surface area contributed by atoms with Crippen LogP contribution in [0, 0.1) is 0 Å². The van der Waals surface area contributed by atoms with Gasteiger partial charge in [0.15, 0.2) is 8.07 Å². The van der Waals surface area contributed by atoms with Crippen molar-refractivity contribution < 1.29 is 0 Å². The normalized spacial score (nSPS) is 19.1. The average Bonchev–Trinajstić information content (AvgIpc) is 3.57. The molecule has 3 aromatic rings. The molecule has 3 aromatic carbocycles. The average molecular weight is 467 g/mol. The third kappa shape index (κ3) is 2.68. The van der Waals surface area contributed by atoms with E-state index in [0.29, 0.717) is 0 Å². The molecule has 0 saturated carbocycles. The Balaban J connectivity index is 1.58. The Kier molecular flexibility index (Phi) is 4.66. The molecule has 0 N–H and O–H groups in total. The quantitative estimate of drug-likeness (QED) is 0.362. The molecule has 2 aliphatic carbocycles. The van der Waals surface area contributed by atoms with Crippen molar-refractivity contribution in [2.24, 2.45) is 0 Å². The molecule has 2 heterocycles. The van der Waals surface area contributed by atoms with Crippen LogP contribution in [0.15, 0.2) is 130 Å². The fraction of sp³-hybridized carbons (Fsp3) is 0.176. The minimum atomic E-state index is -2.27. The minimum Gasteiger partial charge on any atom is -0.0801 e. The molecule has 0 fully saturated rings. The molecule has 170 valence electrons. The predicted molar refractivity (Wildman–Crippen MR) is 151 cm³/mol. The first-order chi connectivity index (χ1) is 17.3. The molecule has 0 saturated heterocycles. The summed E-state index contributed by atoms with van der Waals surface area (Å²) in [6, 6.07) is 30.2. The summed E-state index contributed by atoms with van der Waals surface area (Å²) in [5, 5.41) is 6.48. The number of benzene rings is 3. The maximum atomic E-state index is 2.48. The molecule has 0 atom stereocenters. The van der Waals surface area contributed by atoms with Crippen LogP contribution in [0.2, 0.25) is 0 Å². The van der Waals surface area contributed by atoms with Gasteiger partial charge in [-0.2, -0.15) is 0 Å². The van der Waals surface area contributed by atoms with E-state index in [1.54, 1.807) is 32.7 Å². The van der Waals surface area contributed by atoms with Gasteiger partial charge in [-0.3, -0.25) is 0 Å². The van der Waals surface area contributed by atoms with Crippen LogP contribution in [0.3, 0.4) is 0 Å². The maximum absolute atomic E-state index is 2.48. The van der Waals surface area contributed by atoms with Crippen molar-refractivity contribution in [3.05, 3.63) is 146 Å². The van der Waals surface area contributed by atoms with Crippen molar-refractivity contribution in [2.45, 2.75) is 39.5 Å². The monoisotopic (exact) mass is 466 g/mol.